The lowest BCUT2D eigenvalue weighted by molar-refractivity contribution is -0.135. The Hall–Kier alpha value is -3.80. The summed E-state index contributed by atoms with van der Waals surface area (Å²) in [5.74, 6) is 0.759. The maximum Gasteiger partial charge on any atom is 0.227 e. The second kappa shape index (κ2) is 12.1. The Bertz CT molecular complexity index is 1100. The number of rotatable bonds is 9. The monoisotopic (exact) mass is 471 g/mol. The Morgan fingerprint density at radius 2 is 1.54 bits per heavy atom. The molecule has 0 bridgehead atoms. The lowest BCUT2D eigenvalue weighted by atomic mass is 9.95. The molecule has 1 fully saturated rings. The number of piperidine rings is 1. The zero-order valence-corrected chi connectivity index (χ0v) is 20.2. The molecule has 3 aromatic carbocycles. The Labute approximate surface area is 207 Å². The maximum absolute atomic E-state index is 13.1. The SMILES string of the molecule is CN(Cc1ccccc1)c1ccccc1NC(=O)C1CCN(C(=O)CCOc2ccccc2)CC1. The van der Waals surface area contributed by atoms with Crippen molar-refractivity contribution in [2.75, 3.05) is 37.0 Å². The van der Waals surface area contributed by atoms with Gasteiger partial charge in [-0.1, -0.05) is 60.7 Å². The number of para-hydroxylation sites is 3. The van der Waals surface area contributed by atoms with E-state index >= 15 is 0 Å². The normalized spacial score (nSPS) is 13.8. The maximum atomic E-state index is 13.1. The van der Waals surface area contributed by atoms with Gasteiger partial charge in [0.15, 0.2) is 0 Å². The molecule has 0 atom stereocenters. The highest BCUT2D eigenvalue weighted by Crippen LogP contribution is 2.28. The first-order chi connectivity index (χ1) is 17.1. The molecule has 35 heavy (non-hydrogen) atoms. The van der Waals surface area contributed by atoms with Gasteiger partial charge in [-0.15, -0.1) is 0 Å². The zero-order valence-electron chi connectivity index (χ0n) is 20.2. The minimum Gasteiger partial charge on any atom is -0.493 e. The highest BCUT2D eigenvalue weighted by atomic mass is 16.5. The van der Waals surface area contributed by atoms with E-state index in [2.05, 4.69) is 22.3 Å². The number of likely N-dealkylation sites (tertiary alicyclic amines) is 1. The molecule has 6 nitrogen and oxygen atoms in total. The Kier molecular flexibility index (Phi) is 8.39. The largest absolute Gasteiger partial charge is 0.493 e. The number of carbonyl (C=O) groups excluding carboxylic acids is 2. The average Bonchev–Trinajstić information content (AvgIpc) is 2.90. The number of nitrogens with one attached hydrogen (secondary N) is 1. The van der Waals surface area contributed by atoms with Crippen LogP contribution in [0.1, 0.15) is 24.8 Å². The third kappa shape index (κ3) is 6.85. The predicted octanol–water partition coefficient (Wildman–Crippen LogP) is 4.97. The number of hydrogen-bond donors (Lipinski definition) is 1. The molecule has 4 rings (SSSR count). The number of amides is 2. The number of nitrogens with zero attached hydrogens (tertiary/aromatic N) is 2. The van der Waals surface area contributed by atoms with Crippen LogP contribution in [0.5, 0.6) is 5.75 Å². The molecule has 1 saturated heterocycles. The minimum atomic E-state index is -0.105. The van der Waals surface area contributed by atoms with Gasteiger partial charge in [0.1, 0.15) is 5.75 Å². The summed E-state index contributed by atoms with van der Waals surface area (Å²) in [6.45, 7) is 2.30. The molecular weight excluding hydrogens is 438 g/mol. The highest BCUT2D eigenvalue weighted by molar-refractivity contribution is 5.96. The van der Waals surface area contributed by atoms with Crippen LogP contribution in [-0.2, 0) is 16.1 Å². The van der Waals surface area contributed by atoms with Crippen molar-refractivity contribution in [2.24, 2.45) is 5.92 Å². The van der Waals surface area contributed by atoms with Gasteiger partial charge in [0.2, 0.25) is 11.8 Å². The summed E-state index contributed by atoms with van der Waals surface area (Å²) in [4.78, 5) is 29.6. The quantitative estimate of drug-likeness (QED) is 0.479. The Balaban J connectivity index is 1.26. The molecule has 1 heterocycles. The summed E-state index contributed by atoms with van der Waals surface area (Å²) in [6, 6.07) is 27.7. The van der Waals surface area contributed by atoms with Gasteiger partial charge in [0, 0.05) is 32.6 Å². The van der Waals surface area contributed by atoms with Crippen molar-refractivity contribution in [1.29, 1.82) is 0 Å². The van der Waals surface area contributed by atoms with Crippen LogP contribution < -0.4 is 15.0 Å². The summed E-state index contributed by atoms with van der Waals surface area (Å²) in [5.41, 5.74) is 3.01. The van der Waals surface area contributed by atoms with Gasteiger partial charge in [-0.3, -0.25) is 9.59 Å². The van der Waals surface area contributed by atoms with E-state index in [9.17, 15) is 9.59 Å². The van der Waals surface area contributed by atoms with Gasteiger partial charge in [-0.2, -0.15) is 0 Å². The van der Waals surface area contributed by atoms with Gasteiger partial charge in [-0.25, -0.2) is 0 Å². The van der Waals surface area contributed by atoms with Crippen LogP contribution in [0, 0.1) is 5.92 Å². The smallest absolute Gasteiger partial charge is 0.227 e. The first-order valence-corrected chi connectivity index (χ1v) is 12.2. The third-order valence-electron chi connectivity index (χ3n) is 6.38. The number of anilines is 2. The van der Waals surface area contributed by atoms with E-state index in [1.807, 2.05) is 84.7 Å². The Morgan fingerprint density at radius 3 is 2.26 bits per heavy atom. The van der Waals surface area contributed by atoms with Crippen LogP contribution in [0.4, 0.5) is 11.4 Å². The molecule has 0 radical (unpaired) electrons. The first-order valence-electron chi connectivity index (χ1n) is 12.2. The second-order valence-electron chi connectivity index (χ2n) is 8.91. The molecule has 2 amide bonds. The number of benzene rings is 3. The van der Waals surface area contributed by atoms with Gasteiger partial charge >= 0.3 is 0 Å². The van der Waals surface area contributed by atoms with E-state index < -0.39 is 0 Å². The summed E-state index contributed by atoms with van der Waals surface area (Å²) >= 11 is 0. The van der Waals surface area contributed by atoms with Crippen LogP contribution in [0.15, 0.2) is 84.9 Å². The van der Waals surface area contributed by atoms with Crippen molar-refractivity contribution in [2.45, 2.75) is 25.8 Å². The molecule has 1 N–H and O–H groups in total. The first kappa shape index (κ1) is 24.3. The van der Waals surface area contributed by atoms with E-state index in [0.717, 1.165) is 23.7 Å². The number of carbonyl (C=O) groups is 2. The molecule has 1 aliphatic heterocycles. The van der Waals surface area contributed by atoms with E-state index in [1.54, 1.807) is 0 Å². The van der Waals surface area contributed by atoms with E-state index in [0.29, 0.717) is 39.0 Å². The second-order valence-corrected chi connectivity index (χ2v) is 8.91. The molecule has 0 unspecified atom stereocenters. The van der Waals surface area contributed by atoms with Crippen LogP contribution in [0.25, 0.3) is 0 Å². The standard InChI is InChI=1S/C29H33N3O3/c1-31(22-23-10-4-2-5-11-23)27-15-9-8-14-26(27)30-29(34)24-16-19-32(20-17-24)28(33)18-21-35-25-12-6-3-7-13-25/h2-15,24H,16-22H2,1H3,(H,30,34). The summed E-state index contributed by atoms with van der Waals surface area (Å²) < 4.78 is 5.65. The molecular formula is C29H33N3O3. The van der Waals surface area contributed by atoms with Crippen LogP contribution in [-0.4, -0.2) is 43.5 Å². The fourth-order valence-corrected chi connectivity index (χ4v) is 4.41. The van der Waals surface area contributed by atoms with Gasteiger partial charge in [0.25, 0.3) is 0 Å². The van der Waals surface area contributed by atoms with Crippen molar-refractivity contribution in [3.8, 4) is 5.75 Å². The van der Waals surface area contributed by atoms with Gasteiger partial charge < -0.3 is 19.9 Å². The van der Waals surface area contributed by atoms with E-state index in [4.69, 9.17) is 4.74 Å². The van der Waals surface area contributed by atoms with Gasteiger partial charge in [-0.05, 0) is 42.7 Å². The lowest BCUT2D eigenvalue weighted by Crippen LogP contribution is -2.41. The average molecular weight is 472 g/mol. The van der Waals surface area contributed by atoms with Crippen molar-refractivity contribution in [3.63, 3.8) is 0 Å². The molecule has 3 aromatic rings. The van der Waals surface area contributed by atoms with Crippen molar-refractivity contribution < 1.29 is 14.3 Å². The highest BCUT2D eigenvalue weighted by Gasteiger charge is 2.27. The molecule has 6 heteroatoms. The fourth-order valence-electron chi connectivity index (χ4n) is 4.41. The summed E-state index contributed by atoms with van der Waals surface area (Å²) in [7, 11) is 2.03. The topological polar surface area (TPSA) is 61.9 Å². The van der Waals surface area contributed by atoms with E-state index in [1.165, 1.54) is 5.56 Å². The molecule has 0 saturated carbocycles. The van der Waals surface area contributed by atoms with Crippen molar-refractivity contribution in [1.82, 2.24) is 4.90 Å². The number of ether oxygens (including phenoxy) is 1. The minimum absolute atomic E-state index is 0.0186. The summed E-state index contributed by atoms with van der Waals surface area (Å²) in [5, 5.41) is 3.14. The zero-order chi connectivity index (χ0) is 24.5. The Morgan fingerprint density at radius 1 is 0.914 bits per heavy atom. The van der Waals surface area contributed by atoms with Crippen LogP contribution in [0.3, 0.4) is 0 Å². The molecule has 0 aromatic heterocycles. The van der Waals surface area contributed by atoms with E-state index in [-0.39, 0.29) is 17.7 Å². The molecule has 0 spiro atoms. The molecule has 0 aliphatic carbocycles. The predicted molar refractivity (Wildman–Crippen MR) is 139 cm³/mol. The number of hydrogen-bond acceptors (Lipinski definition) is 4. The van der Waals surface area contributed by atoms with Crippen molar-refractivity contribution >= 4 is 23.2 Å². The van der Waals surface area contributed by atoms with Crippen LogP contribution in [0.2, 0.25) is 0 Å². The van der Waals surface area contributed by atoms with Crippen LogP contribution >= 0.6 is 0 Å². The molecule has 182 valence electrons. The molecule has 1 aliphatic rings. The third-order valence-corrected chi connectivity index (χ3v) is 6.38. The van der Waals surface area contributed by atoms with Gasteiger partial charge in [0.05, 0.1) is 24.4 Å². The summed E-state index contributed by atoms with van der Waals surface area (Å²) in [6.07, 6.45) is 1.67. The van der Waals surface area contributed by atoms with Crippen molar-refractivity contribution in [3.05, 3.63) is 90.5 Å². The fraction of sp³-hybridized carbons (Fsp3) is 0.310. The lowest BCUT2D eigenvalue weighted by Gasteiger charge is -2.32.